The van der Waals surface area contributed by atoms with Gasteiger partial charge in [-0.3, -0.25) is 4.79 Å². The average molecular weight is 236 g/mol. The van der Waals surface area contributed by atoms with Crippen LogP contribution in [-0.2, 0) is 11.3 Å². The Bertz CT molecular complexity index is 366. The zero-order valence-corrected chi connectivity index (χ0v) is 10.5. The number of hydrogen-bond donors (Lipinski definition) is 1. The zero-order valence-electron chi connectivity index (χ0n) is 10.5. The number of ether oxygens (including phenoxy) is 1. The Morgan fingerprint density at radius 1 is 1.47 bits per heavy atom. The lowest BCUT2D eigenvalue weighted by atomic mass is 10.2. The molecule has 0 bridgehead atoms. The van der Waals surface area contributed by atoms with Crippen LogP contribution < -0.4 is 10.5 Å². The second kappa shape index (κ2) is 6.91. The molecule has 1 aromatic carbocycles. The fraction of sp³-hybridized carbons (Fsp3) is 0.462. The standard InChI is InChI=1S/C13H20N2O2/c1-3-15(13(16)7-8-14)10-11-5-4-6-12(9-11)17-2/h4-6,9H,3,7-8,10,14H2,1-2H3. The number of benzene rings is 1. The average Bonchev–Trinajstić information content (AvgIpc) is 2.36. The van der Waals surface area contributed by atoms with Gasteiger partial charge in [-0.2, -0.15) is 0 Å². The van der Waals surface area contributed by atoms with Crippen LogP contribution in [-0.4, -0.2) is 31.0 Å². The van der Waals surface area contributed by atoms with Crippen molar-refractivity contribution in [3.8, 4) is 5.75 Å². The summed E-state index contributed by atoms with van der Waals surface area (Å²) in [7, 11) is 1.64. The van der Waals surface area contributed by atoms with E-state index in [1.807, 2.05) is 31.2 Å². The first kappa shape index (κ1) is 13.5. The second-order valence-corrected chi connectivity index (χ2v) is 3.80. The molecule has 2 N–H and O–H groups in total. The van der Waals surface area contributed by atoms with Gasteiger partial charge >= 0.3 is 0 Å². The van der Waals surface area contributed by atoms with Crippen LogP contribution in [0, 0.1) is 0 Å². The molecule has 1 rings (SSSR count). The second-order valence-electron chi connectivity index (χ2n) is 3.80. The Morgan fingerprint density at radius 2 is 2.24 bits per heavy atom. The van der Waals surface area contributed by atoms with Crippen molar-refractivity contribution < 1.29 is 9.53 Å². The molecule has 0 aliphatic rings. The number of carbonyl (C=O) groups is 1. The maximum Gasteiger partial charge on any atom is 0.224 e. The summed E-state index contributed by atoms with van der Waals surface area (Å²) in [5, 5.41) is 0. The molecule has 0 saturated carbocycles. The highest BCUT2D eigenvalue weighted by molar-refractivity contribution is 5.76. The summed E-state index contributed by atoms with van der Waals surface area (Å²) in [6.45, 7) is 3.66. The van der Waals surface area contributed by atoms with Crippen LogP contribution in [0.15, 0.2) is 24.3 Å². The van der Waals surface area contributed by atoms with Crippen molar-refractivity contribution in [3.63, 3.8) is 0 Å². The minimum absolute atomic E-state index is 0.0952. The van der Waals surface area contributed by atoms with E-state index in [0.29, 0.717) is 26.1 Å². The molecule has 0 spiro atoms. The monoisotopic (exact) mass is 236 g/mol. The Hall–Kier alpha value is -1.55. The Morgan fingerprint density at radius 3 is 2.82 bits per heavy atom. The molecule has 4 heteroatoms. The van der Waals surface area contributed by atoms with Gasteiger partial charge in [-0.1, -0.05) is 12.1 Å². The first-order chi connectivity index (χ1) is 8.21. The van der Waals surface area contributed by atoms with Gasteiger partial charge in [0.25, 0.3) is 0 Å². The van der Waals surface area contributed by atoms with Crippen molar-refractivity contribution in [2.45, 2.75) is 19.9 Å². The topological polar surface area (TPSA) is 55.6 Å². The molecular formula is C13H20N2O2. The summed E-state index contributed by atoms with van der Waals surface area (Å²) in [6, 6.07) is 7.75. The summed E-state index contributed by atoms with van der Waals surface area (Å²) in [4.78, 5) is 13.5. The van der Waals surface area contributed by atoms with Crippen molar-refractivity contribution in [2.75, 3.05) is 20.2 Å². The molecule has 4 nitrogen and oxygen atoms in total. The molecule has 1 amide bonds. The van der Waals surface area contributed by atoms with Gasteiger partial charge in [0, 0.05) is 26.1 Å². The molecular weight excluding hydrogens is 216 g/mol. The third-order valence-electron chi connectivity index (χ3n) is 2.60. The molecule has 1 aromatic rings. The third kappa shape index (κ3) is 4.07. The van der Waals surface area contributed by atoms with Gasteiger partial charge < -0.3 is 15.4 Å². The van der Waals surface area contributed by atoms with E-state index in [1.165, 1.54) is 0 Å². The van der Waals surface area contributed by atoms with Gasteiger partial charge in [-0.25, -0.2) is 0 Å². The van der Waals surface area contributed by atoms with E-state index in [0.717, 1.165) is 11.3 Å². The maximum absolute atomic E-state index is 11.7. The van der Waals surface area contributed by atoms with Crippen LogP contribution in [0.25, 0.3) is 0 Å². The van der Waals surface area contributed by atoms with Crippen molar-refractivity contribution >= 4 is 5.91 Å². The smallest absolute Gasteiger partial charge is 0.224 e. The molecule has 0 atom stereocenters. The van der Waals surface area contributed by atoms with E-state index in [-0.39, 0.29) is 5.91 Å². The molecule has 0 fully saturated rings. The van der Waals surface area contributed by atoms with Crippen LogP contribution >= 0.6 is 0 Å². The number of nitrogens with two attached hydrogens (primary N) is 1. The predicted molar refractivity (Wildman–Crippen MR) is 67.8 cm³/mol. The normalized spacial score (nSPS) is 10.1. The summed E-state index contributed by atoms with van der Waals surface area (Å²) < 4.78 is 5.15. The first-order valence-electron chi connectivity index (χ1n) is 5.82. The lowest BCUT2D eigenvalue weighted by molar-refractivity contribution is -0.131. The molecule has 0 radical (unpaired) electrons. The number of methoxy groups -OCH3 is 1. The minimum atomic E-state index is 0.0952. The molecule has 0 aliphatic carbocycles. The van der Waals surface area contributed by atoms with Gasteiger partial charge in [0.05, 0.1) is 7.11 Å². The molecule has 17 heavy (non-hydrogen) atoms. The molecule has 0 aromatic heterocycles. The summed E-state index contributed by atoms with van der Waals surface area (Å²) in [6.07, 6.45) is 0.401. The highest BCUT2D eigenvalue weighted by Crippen LogP contribution is 2.14. The summed E-state index contributed by atoms with van der Waals surface area (Å²) in [5.74, 6) is 0.905. The van der Waals surface area contributed by atoms with E-state index < -0.39 is 0 Å². The van der Waals surface area contributed by atoms with E-state index in [1.54, 1.807) is 12.0 Å². The first-order valence-corrected chi connectivity index (χ1v) is 5.82. The highest BCUT2D eigenvalue weighted by atomic mass is 16.5. The quantitative estimate of drug-likeness (QED) is 0.812. The van der Waals surface area contributed by atoms with E-state index in [9.17, 15) is 4.79 Å². The van der Waals surface area contributed by atoms with Crippen LogP contribution in [0.4, 0.5) is 0 Å². The van der Waals surface area contributed by atoms with E-state index in [2.05, 4.69) is 0 Å². The fourth-order valence-corrected chi connectivity index (χ4v) is 1.65. The summed E-state index contributed by atoms with van der Waals surface area (Å²) in [5.41, 5.74) is 6.46. The fourth-order valence-electron chi connectivity index (χ4n) is 1.65. The number of rotatable bonds is 6. The van der Waals surface area contributed by atoms with Crippen LogP contribution in [0.2, 0.25) is 0 Å². The number of carbonyl (C=O) groups excluding carboxylic acids is 1. The van der Waals surface area contributed by atoms with Gasteiger partial charge in [-0.15, -0.1) is 0 Å². The van der Waals surface area contributed by atoms with Crippen LogP contribution in [0.5, 0.6) is 5.75 Å². The predicted octanol–water partition coefficient (Wildman–Crippen LogP) is 1.39. The molecule has 0 saturated heterocycles. The van der Waals surface area contributed by atoms with Crippen molar-refractivity contribution in [1.82, 2.24) is 4.90 Å². The number of amides is 1. The van der Waals surface area contributed by atoms with Crippen LogP contribution in [0.3, 0.4) is 0 Å². The zero-order chi connectivity index (χ0) is 12.7. The lowest BCUT2D eigenvalue weighted by Crippen LogP contribution is -2.31. The van der Waals surface area contributed by atoms with Gasteiger partial charge in [0.2, 0.25) is 5.91 Å². The lowest BCUT2D eigenvalue weighted by Gasteiger charge is -2.21. The molecule has 0 unspecified atom stereocenters. The summed E-state index contributed by atoms with van der Waals surface area (Å²) >= 11 is 0. The molecule has 0 aliphatic heterocycles. The Kier molecular flexibility index (Phi) is 5.49. The highest BCUT2D eigenvalue weighted by Gasteiger charge is 2.11. The molecule has 0 heterocycles. The van der Waals surface area contributed by atoms with Crippen molar-refractivity contribution in [1.29, 1.82) is 0 Å². The minimum Gasteiger partial charge on any atom is -0.497 e. The largest absolute Gasteiger partial charge is 0.497 e. The van der Waals surface area contributed by atoms with Gasteiger partial charge in [-0.05, 0) is 24.6 Å². The van der Waals surface area contributed by atoms with Gasteiger partial charge in [0.1, 0.15) is 5.75 Å². The SMILES string of the molecule is CCN(Cc1cccc(OC)c1)C(=O)CCN. The molecule has 94 valence electrons. The van der Waals surface area contributed by atoms with Crippen molar-refractivity contribution in [3.05, 3.63) is 29.8 Å². The van der Waals surface area contributed by atoms with Crippen molar-refractivity contribution in [2.24, 2.45) is 5.73 Å². The number of hydrogen-bond acceptors (Lipinski definition) is 3. The maximum atomic E-state index is 11.7. The van der Waals surface area contributed by atoms with Crippen LogP contribution in [0.1, 0.15) is 18.9 Å². The Labute approximate surface area is 102 Å². The number of nitrogens with zero attached hydrogens (tertiary/aromatic N) is 1. The van der Waals surface area contributed by atoms with E-state index >= 15 is 0 Å². The Balaban J connectivity index is 2.69. The third-order valence-corrected chi connectivity index (χ3v) is 2.60. The van der Waals surface area contributed by atoms with Gasteiger partial charge in [0.15, 0.2) is 0 Å². The van der Waals surface area contributed by atoms with E-state index in [4.69, 9.17) is 10.5 Å².